The van der Waals surface area contributed by atoms with Gasteiger partial charge in [0.05, 0.1) is 6.61 Å². The third kappa shape index (κ3) is 3.99. The molecule has 2 nitrogen and oxygen atoms in total. The molecule has 0 unspecified atom stereocenters. The maximum Gasteiger partial charge on any atom is 0.0713 e. The van der Waals surface area contributed by atoms with Gasteiger partial charge in [-0.3, -0.25) is 0 Å². The molecule has 0 fully saturated rings. The van der Waals surface area contributed by atoms with Gasteiger partial charge in [-0.1, -0.05) is 54.6 Å². The van der Waals surface area contributed by atoms with Crippen LogP contribution in [0.25, 0.3) is 0 Å². The molecule has 0 aromatic heterocycles. The summed E-state index contributed by atoms with van der Waals surface area (Å²) in [4.78, 5) is 0. The van der Waals surface area contributed by atoms with E-state index in [0.717, 1.165) is 13.1 Å². The van der Waals surface area contributed by atoms with E-state index in [4.69, 9.17) is 4.74 Å². The third-order valence-corrected chi connectivity index (χ3v) is 2.84. The first kappa shape index (κ1) is 12.8. The largest absolute Gasteiger partial charge is 0.380 e. The van der Waals surface area contributed by atoms with E-state index < -0.39 is 0 Å². The molecule has 0 amide bonds. The molecule has 0 atom stereocenters. The zero-order valence-electron chi connectivity index (χ0n) is 10.7. The Labute approximate surface area is 109 Å². The molecule has 2 aromatic carbocycles. The average Bonchev–Trinajstić information content (AvgIpc) is 2.42. The topological polar surface area (TPSA) is 21.3 Å². The van der Waals surface area contributed by atoms with Gasteiger partial charge >= 0.3 is 0 Å². The molecule has 0 spiro atoms. The minimum atomic E-state index is 0.678. The Hall–Kier alpha value is -1.64. The second-order valence-electron chi connectivity index (χ2n) is 4.34. The minimum absolute atomic E-state index is 0.678. The lowest BCUT2D eigenvalue weighted by Crippen LogP contribution is -2.12. The first-order chi connectivity index (χ1) is 8.88. The van der Waals surface area contributed by atoms with Crippen molar-refractivity contribution in [3.8, 4) is 0 Å². The number of ether oxygens (including phenoxy) is 1. The van der Waals surface area contributed by atoms with Gasteiger partial charge in [0.25, 0.3) is 0 Å². The summed E-state index contributed by atoms with van der Waals surface area (Å²) in [6, 6.07) is 19.0. The highest BCUT2D eigenvalue weighted by Crippen LogP contribution is 2.06. The highest BCUT2D eigenvalue weighted by atomic mass is 16.5. The van der Waals surface area contributed by atoms with E-state index in [1.807, 2.05) is 6.07 Å². The lowest BCUT2D eigenvalue weighted by Gasteiger charge is -2.06. The quantitative estimate of drug-likeness (QED) is 0.839. The Kier molecular flexibility index (Phi) is 4.94. The molecule has 0 heterocycles. The van der Waals surface area contributed by atoms with Gasteiger partial charge in [-0.05, 0) is 16.7 Å². The molecule has 1 N–H and O–H groups in total. The fraction of sp³-hybridized carbons (Fsp3) is 0.250. The molecular formula is C16H19NO. The number of methoxy groups -OCH3 is 1. The summed E-state index contributed by atoms with van der Waals surface area (Å²) >= 11 is 0. The van der Waals surface area contributed by atoms with Crippen molar-refractivity contribution in [1.29, 1.82) is 0 Å². The fourth-order valence-corrected chi connectivity index (χ4v) is 1.87. The second-order valence-corrected chi connectivity index (χ2v) is 4.34. The van der Waals surface area contributed by atoms with Crippen molar-refractivity contribution < 1.29 is 4.74 Å². The van der Waals surface area contributed by atoms with E-state index in [9.17, 15) is 0 Å². The number of rotatable bonds is 6. The van der Waals surface area contributed by atoms with Crippen LogP contribution in [0.15, 0.2) is 54.6 Å². The van der Waals surface area contributed by atoms with Crippen molar-refractivity contribution in [2.75, 3.05) is 7.11 Å². The average molecular weight is 241 g/mol. The summed E-state index contributed by atoms with van der Waals surface area (Å²) in [5.74, 6) is 0. The van der Waals surface area contributed by atoms with E-state index in [1.165, 1.54) is 16.7 Å². The lowest BCUT2D eigenvalue weighted by atomic mass is 10.1. The predicted octanol–water partition coefficient (Wildman–Crippen LogP) is 3.12. The highest BCUT2D eigenvalue weighted by Gasteiger charge is 1.95. The first-order valence-corrected chi connectivity index (χ1v) is 6.20. The standard InChI is InChI=1S/C16H19NO/c1-18-13-16-9-7-15(8-10-16)12-17-11-14-5-3-2-4-6-14/h2-10,17H,11-13H2,1H3. The summed E-state index contributed by atoms with van der Waals surface area (Å²) in [5.41, 5.74) is 3.82. The van der Waals surface area contributed by atoms with Crippen molar-refractivity contribution in [2.45, 2.75) is 19.7 Å². The third-order valence-electron chi connectivity index (χ3n) is 2.84. The number of hydrogen-bond donors (Lipinski definition) is 1. The van der Waals surface area contributed by atoms with Crippen molar-refractivity contribution in [2.24, 2.45) is 0 Å². The van der Waals surface area contributed by atoms with Gasteiger partial charge in [0.2, 0.25) is 0 Å². The minimum Gasteiger partial charge on any atom is -0.380 e. The van der Waals surface area contributed by atoms with Crippen LogP contribution in [-0.4, -0.2) is 7.11 Å². The van der Waals surface area contributed by atoms with E-state index in [2.05, 4.69) is 53.8 Å². The Balaban J connectivity index is 1.80. The predicted molar refractivity (Wildman–Crippen MR) is 74.1 cm³/mol. The van der Waals surface area contributed by atoms with Crippen LogP contribution in [0, 0.1) is 0 Å². The molecule has 0 saturated heterocycles. The smallest absolute Gasteiger partial charge is 0.0713 e. The molecule has 94 valence electrons. The van der Waals surface area contributed by atoms with Crippen LogP contribution in [0.5, 0.6) is 0 Å². The van der Waals surface area contributed by atoms with Crippen LogP contribution in [-0.2, 0) is 24.4 Å². The Morgan fingerprint density at radius 2 is 1.33 bits per heavy atom. The van der Waals surface area contributed by atoms with Crippen LogP contribution in [0.2, 0.25) is 0 Å². The van der Waals surface area contributed by atoms with Crippen molar-refractivity contribution in [1.82, 2.24) is 5.32 Å². The molecule has 2 rings (SSSR count). The summed E-state index contributed by atoms with van der Waals surface area (Å²) < 4.78 is 5.09. The second kappa shape index (κ2) is 6.94. The molecule has 0 aliphatic rings. The van der Waals surface area contributed by atoms with E-state index >= 15 is 0 Å². The summed E-state index contributed by atoms with van der Waals surface area (Å²) in [6.45, 7) is 2.47. The highest BCUT2D eigenvalue weighted by molar-refractivity contribution is 5.22. The number of benzene rings is 2. The Morgan fingerprint density at radius 3 is 1.94 bits per heavy atom. The zero-order valence-corrected chi connectivity index (χ0v) is 10.7. The van der Waals surface area contributed by atoms with Gasteiger partial charge in [-0.2, -0.15) is 0 Å². The first-order valence-electron chi connectivity index (χ1n) is 6.20. The summed E-state index contributed by atoms with van der Waals surface area (Å²) in [7, 11) is 1.72. The van der Waals surface area contributed by atoms with Gasteiger partial charge < -0.3 is 10.1 Å². The van der Waals surface area contributed by atoms with E-state index in [-0.39, 0.29) is 0 Å². The van der Waals surface area contributed by atoms with Crippen LogP contribution in [0.3, 0.4) is 0 Å². The van der Waals surface area contributed by atoms with Gasteiger partial charge in [0, 0.05) is 20.2 Å². The van der Waals surface area contributed by atoms with Gasteiger partial charge in [-0.15, -0.1) is 0 Å². The van der Waals surface area contributed by atoms with Crippen LogP contribution >= 0.6 is 0 Å². The molecule has 0 saturated carbocycles. The maximum atomic E-state index is 5.09. The Bertz CT molecular complexity index is 450. The van der Waals surface area contributed by atoms with Crippen molar-refractivity contribution in [3.05, 3.63) is 71.3 Å². The molecule has 0 radical (unpaired) electrons. The number of nitrogens with one attached hydrogen (secondary N) is 1. The van der Waals surface area contributed by atoms with Crippen molar-refractivity contribution in [3.63, 3.8) is 0 Å². The van der Waals surface area contributed by atoms with Gasteiger partial charge in [0.1, 0.15) is 0 Å². The normalized spacial score (nSPS) is 10.5. The molecule has 0 aliphatic carbocycles. The van der Waals surface area contributed by atoms with Crippen LogP contribution < -0.4 is 5.32 Å². The molecule has 2 aromatic rings. The van der Waals surface area contributed by atoms with E-state index in [0.29, 0.717) is 6.61 Å². The fourth-order valence-electron chi connectivity index (χ4n) is 1.87. The Morgan fingerprint density at radius 1 is 0.778 bits per heavy atom. The lowest BCUT2D eigenvalue weighted by molar-refractivity contribution is 0.185. The molecule has 18 heavy (non-hydrogen) atoms. The van der Waals surface area contributed by atoms with Crippen LogP contribution in [0.1, 0.15) is 16.7 Å². The maximum absolute atomic E-state index is 5.09. The summed E-state index contributed by atoms with van der Waals surface area (Å²) in [5, 5.41) is 3.44. The zero-order chi connectivity index (χ0) is 12.6. The van der Waals surface area contributed by atoms with Gasteiger partial charge in [0.15, 0.2) is 0 Å². The van der Waals surface area contributed by atoms with E-state index in [1.54, 1.807) is 7.11 Å². The molecular weight excluding hydrogens is 222 g/mol. The van der Waals surface area contributed by atoms with Gasteiger partial charge in [-0.25, -0.2) is 0 Å². The molecule has 2 heteroatoms. The SMILES string of the molecule is COCc1ccc(CNCc2ccccc2)cc1. The molecule has 0 bridgehead atoms. The van der Waals surface area contributed by atoms with Crippen molar-refractivity contribution >= 4 is 0 Å². The molecule has 0 aliphatic heterocycles. The van der Waals surface area contributed by atoms with Crippen LogP contribution in [0.4, 0.5) is 0 Å². The summed E-state index contributed by atoms with van der Waals surface area (Å²) in [6.07, 6.45) is 0. The monoisotopic (exact) mass is 241 g/mol. The number of hydrogen-bond acceptors (Lipinski definition) is 2.